The van der Waals surface area contributed by atoms with Crippen molar-refractivity contribution in [1.29, 1.82) is 0 Å². The standard InChI is InChI=1S/C10H18N2S/c1-3-5-8(2)10(12-11)9-6-4-7-13-9/h4,6-8,10,12H,3,5,11H2,1-2H3. The van der Waals surface area contributed by atoms with Crippen molar-refractivity contribution in [2.24, 2.45) is 11.8 Å². The van der Waals surface area contributed by atoms with Crippen LogP contribution >= 0.6 is 11.3 Å². The normalized spacial score (nSPS) is 15.6. The maximum absolute atomic E-state index is 5.55. The van der Waals surface area contributed by atoms with Gasteiger partial charge in [0, 0.05) is 4.88 Å². The fourth-order valence-electron chi connectivity index (χ4n) is 1.62. The Balaban J connectivity index is 2.62. The van der Waals surface area contributed by atoms with Gasteiger partial charge in [-0.3, -0.25) is 11.3 Å². The van der Waals surface area contributed by atoms with E-state index in [1.165, 1.54) is 17.7 Å². The molecule has 1 aromatic rings. The van der Waals surface area contributed by atoms with Gasteiger partial charge in [-0.1, -0.05) is 26.3 Å². The molecule has 0 radical (unpaired) electrons. The summed E-state index contributed by atoms with van der Waals surface area (Å²) in [6, 6.07) is 4.53. The molecule has 0 spiro atoms. The first kappa shape index (κ1) is 10.7. The smallest absolute Gasteiger partial charge is 0.0578 e. The number of hydrogen-bond donors (Lipinski definition) is 2. The zero-order valence-electron chi connectivity index (χ0n) is 8.29. The molecule has 0 saturated heterocycles. The van der Waals surface area contributed by atoms with Gasteiger partial charge in [0.15, 0.2) is 0 Å². The molecule has 2 unspecified atom stereocenters. The Labute approximate surface area is 84.1 Å². The molecule has 1 rings (SSSR count). The molecule has 1 heterocycles. The van der Waals surface area contributed by atoms with Gasteiger partial charge in [0.25, 0.3) is 0 Å². The minimum absolute atomic E-state index is 0.319. The number of hydrogen-bond acceptors (Lipinski definition) is 3. The number of nitrogens with one attached hydrogen (secondary N) is 1. The van der Waals surface area contributed by atoms with E-state index >= 15 is 0 Å². The van der Waals surface area contributed by atoms with E-state index in [2.05, 4.69) is 36.8 Å². The Morgan fingerprint density at radius 2 is 2.38 bits per heavy atom. The van der Waals surface area contributed by atoms with E-state index < -0.39 is 0 Å². The lowest BCUT2D eigenvalue weighted by atomic mass is 9.96. The summed E-state index contributed by atoms with van der Waals surface area (Å²) in [5.41, 5.74) is 2.90. The predicted molar refractivity (Wildman–Crippen MR) is 58.5 cm³/mol. The third-order valence-electron chi connectivity index (χ3n) is 2.34. The van der Waals surface area contributed by atoms with Gasteiger partial charge >= 0.3 is 0 Å². The van der Waals surface area contributed by atoms with Crippen molar-refractivity contribution >= 4 is 11.3 Å². The van der Waals surface area contributed by atoms with E-state index in [0.717, 1.165) is 0 Å². The zero-order valence-corrected chi connectivity index (χ0v) is 9.10. The van der Waals surface area contributed by atoms with Gasteiger partial charge < -0.3 is 0 Å². The summed E-state index contributed by atoms with van der Waals surface area (Å²) in [6.07, 6.45) is 2.43. The summed E-state index contributed by atoms with van der Waals surface area (Å²) < 4.78 is 0. The van der Waals surface area contributed by atoms with E-state index in [0.29, 0.717) is 12.0 Å². The van der Waals surface area contributed by atoms with Crippen LogP contribution in [0.5, 0.6) is 0 Å². The van der Waals surface area contributed by atoms with Gasteiger partial charge in [0.2, 0.25) is 0 Å². The van der Waals surface area contributed by atoms with E-state index in [9.17, 15) is 0 Å². The molecule has 0 aliphatic carbocycles. The highest BCUT2D eigenvalue weighted by molar-refractivity contribution is 7.10. The SMILES string of the molecule is CCCC(C)C(NN)c1cccs1. The molecular weight excluding hydrogens is 180 g/mol. The van der Waals surface area contributed by atoms with Crippen LogP contribution in [-0.2, 0) is 0 Å². The van der Waals surface area contributed by atoms with Crippen LogP contribution in [0.25, 0.3) is 0 Å². The first-order valence-corrected chi connectivity index (χ1v) is 5.67. The van der Waals surface area contributed by atoms with Gasteiger partial charge in [-0.15, -0.1) is 11.3 Å². The quantitative estimate of drug-likeness (QED) is 0.564. The molecule has 3 heteroatoms. The topological polar surface area (TPSA) is 38.0 Å². The van der Waals surface area contributed by atoms with Gasteiger partial charge in [0.1, 0.15) is 0 Å². The Morgan fingerprint density at radius 1 is 1.62 bits per heavy atom. The Kier molecular flexibility index (Phi) is 4.42. The highest BCUT2D eigenvalue weighted by Crippen LogP contribution is 2.27. The van der Waals surface area contributed by atoms with Crippen LogP contribution in [0, 0.1) is 5.92 Å². The molecule has 0 aliphatic rings. The second-order valence-electron chi connectivity index (χ2n) is 3.43. The molecule has 1 aromatic heterocycles. The first-order chi connectivity index (χ1) is 6.29. The van der Waals surface area contributed by atoms with Gasteiger partial charge in [0.05, 0.1) is 6.04 Å². The zero-order chi connectivity index (χ0) is 9.68. The molecule has 2 atom stereocenters. The molecular formula is C10H18N2S. The van der Waals surface area contributed by atoms with Crippen LogP contribution < -0.4 is 11.3 Å². The molecule has 0 aromatic carbocycles. The molecule has 0 fully saturated rings. The lowest BCUT2D eigenvalue weighted by Gasteiger charge is -2.21. The Morgan fingerprint density at radius 3 is 2.85 bits per heavy atom. The minimum Gasteiger partial charge on any atom is -0.271 e. The number of thiophene rings is 1. The second kappa shape index (κ2) is 5.37. The average Bonchev–Trinajstić information content (AvgIpc) is 2.59. The van der Waals surface area contributed by atoms with Crippen LogP contribution in [0.1, 0.15) is 37.6 Å². The van der Waals surface area contributed by atoms with E-state index in [1.807, 2.05) is 0 Å². The highest BCUT2D eigenvalue weighted by atomic mass is 32.1. The molecule has 0 bridgehead atoms. The number of rotatable bonds is 5. The van der Waals surface area contributed by atoms with Gasteiger partial charge in [-0.25, -0.2) is 0 Å². The fourth-order valence-corrected chi connectivity index (χ4v) is 2.54. The molecule has 0 amide bonds. The van der Waals surface area contributed by atoms with E-state index in [1.54, 1.807) is 11.3 Å². The van der Waals surface area contributed by atoms with E-state index in [-0.39, 0.29) is 0 Å². The number of nitrogens with two attached hydrogens (primary N) is 1. The summed E-state index contributed by atoms with van der Waals surface area (Å²) in [5, 5.41) is 2.10. The van der Waals surface area contributed by atoms with Crippen LogP contribution in [0.2, 0.25) is 0 Å². The molecule has 0 saturated carbocycles. The summed E-state index contributed by atoms with van der Waals surface area (Å²) in [4.78, 5) is 1.34. The van der Waals surface area contributed by atoms with Crippen molar-refractivity contribution in [3.8, 4) is 0 Å². The monoisotopic (exact) mass is 198 g/mol. The third-order valence-corrected chi connectivity index (χ3v) is 3.30. The van der Waals surface area contributed by atoms with E-state index in [4.69, 9.17) is 5.84 Å². The molecule has 13 heavy (non-hydrogen) atoms. The van der Waals surface area contributed by atoms with Gasteiger partial charge in [-0.2, -0.15) is 0 Å². The maximum Gasteiger partial charge on any atom is 0.0578 e. The second-order valence-corrected chi connectivity index (χ2v) is 4.40. The molecule has 3 N–H and O–H groups in total. The highest BCUT2D eigenvalue weighted by Gasteiger charge is 2.17. The Bertz CT molecular complexity index is 221. The maximum atomic E-state index is 5.55. The average molecular weight is 198 g/mol. The van der Waals surface area contributed by atoms with Crippen LogP contribution in [0.15, 0.2) is 17.5 Å². The largest absolute Gasteiger partial charge is 0.271 e. The molecule has 2 nitrogen and oxygen atoms in total. The summed E-state index contributed by atoms with van der Waals surface area (Å²) in [7, 11) is 0. The van der Waals surface area contributed by atoms with Crippen LogP contribution in [0.3, 0.4) is 0 Å². The van der Waals surface area contributed by atoms with Gasteiger partial charge in [-0.05, 0) is 23.8 Å². The van der Waals surface area contributed by atoms with Crippen molar-refractivity contribution < 1.29 is 0 Å². The lowest BCUT2D eigenvalue weighted by Crippen LogP contribution is -2.31. The first-order valence-electron chi connectivity index (χ1n) is 4.79. The minimum atomic E-state index is 0.319. The predicted octanol–water partition coefficient (Wildman–Crippen LogP) is 2.69. The third kappa shape index (κ3) is 2.79. The van der Waals surface area contributed by atoms with Crippen LogP contribution in [0.4, 0.5) is 0 Å². The van der Waals surface area contributed by atoms with Crippen molar-refractivity contribution in [3.05, 3.63) is 22.4 Å². The lowest BCUT2D eigenvalue weighted by molar-refractivity contribution is 0.373. The van der Waals surface area contributed by atoms with Crippen LogP contribution in [-0.4, -0.2) is 0 Å². The number of hydrazine groups is 1. The van der Waals surface area contributed by atoms with Crippen molar-refractivity contribution in [2.45, 2.75) is 32.7 Å². The van der Waals surface area contributed by atoms with Crippen molar-refractivity contribution in [1.82, 2.24) is 5.43 Å². The fraction of sp³-hybridized carbons (Fsp3) is 0.600. The summed E-state index contributed by atoms with van der Waals surface area (Å²) >= 11 is 1.77. The van der Waals surface area contributed by atoms with Crippen molar-refractivity contribution in [3.63, 3.8) is 0 Å². The summed E-state index contributed by atoms with van der Waals surface area (Å²) in [5.74, 6) is 6.16. The van der Waals surface area contributed by atoms with Crippen molar-refractivity contribution in [2.75, 3.05) is 0 Å². The molecule has 74 valence electrons. The Hall–Kier alpha value is -0.380. The summed E-state index contributed by atoms with van der Waals surface area (Å²) in [6.45, 7) is 4.45. The molecule has 0 aliphatic heterocycles.